The fourth-order valence-corrected chi connectivity index (χ4v) is 1.47. The van der Waals surface area contributed by atoms with Crippen molar-refractivity contribution in [3.05, 3.63) is 23.8 Å². The van der Waals surface area contributed by atoms with Crippen LogP contribution in [0, 0.1) is 0 Å². The van der Waals surface area contributed by atoms with Crippen LogP contribution >= 0.6 is 0 Å². The maximum absolute atomic E-state index is 9.03. The van der Waals surface area contributed by atoms with Crippen LogP contribution in [0.5, 0.6) is 0 Å². The Bertz CT molecular complexity index is 272. The number of rotatable bonds is 1. The Labute approximate surface area is 71.4 Å². The highest BCUT2D eigenvalue weighted by Crippen LogP contribution is 2.27. The van der Waals surface area contributed by atoms with Gasteiger partial charge < -0.3 is 15.7 Å². The summed E-state index contributed by atoms with van der Waals surface area (Å²) in [5.41, 5.74) is 3.10. The van der Waals surface area contributed by atoms with Crippen LogP contribution in [0.2, 0.25) is 0 Å². The summed E-state index contributed by atoms with van der Waals surface area (Å²) in [7, 11) is 0. The van der Waals surface area contributed by atoms with E-state index < -0.39 is 0 Å². The van der Waals surface area contributed by atoms with Crippen molar-refractivity contribution in [1.82, 2.24) is 0 Å². The molecule has 0 aliphatic carbocycles. The molecule has 3 N–H and O–H groups in total. The van der Waals surface area contributed by atoms with Crippen molar-refractivity contribution in [2.24, 2.45) is 0 Å². The van der Waals surface area contributed by atoms with Gasteiger partial charge in [0, 0.05) is 18.7 Å². The van der Waals surface area contributed by atoms with Crippen LogP contribution in [0.1, 0.15) is 5.56 Å². The topological polar surface area (TPSA) is 44.3 Å². The van der Waals surface area contributed by atoms with E-state index in [0.29, 0.717) is 0 Å². The quantitative estimate of drug-likeness (QED) is 0.580. The zero-order valence-electron chi connectivity index (χ0n) is 6.80. The van der Waals surface area contributed by atoms with Crippen LogP contribution in [-0.4, -0.2) is 18.2 Å². The van der Waals surface area contributed by atoms with Crippen LogP contribution in [0.15, 0.2) is 18.2 Å². The Morgan fingerprint density at radius 2 is 2.08 bits per heavy atom. The molecule has 3 heteroatoms. The number of aliphatic hydroxyl groups is 1. The average Bonchev–Trinajstić information content (AvgIpc) is 2.17. The average molecular weight is 164 g/mol. The van der Waals surface area contributed by atoms with E-state index in [4.69, 9.17) is 5.11 Å². The van der Waals surface area contributed by atoms with E-state index in [9.17, 15) is 0 Å². The summed E-state index contributed by atoms with van der Waals surface area (Å²) in [6, 6.07) is 5.89. The molecule has 1 aromatic rings. The molecule has 1 aliphatic rings. The fraction of sp³-hybridized carbons (Fsp3) is 0.333. The van der Waals surface area contributed by atoms with Crippen LogP contribution in [0.3, 0.4) is 0 Å². The molecule has 1 aromatic carbocycles. The molecule has 0 fully saturated rings. The van der Waals surface area contributed by atoms with E-state index in [0.717, 1.165) is 30.0 Å². The van der Waals surface area contributed by atoms with Gasteiger partial charge in [-0.25, -0.2) is 0 Å². The minimum atomic E-state index is 0.0951. The lowest BCUT2D eigenvalue weighted by molar-refractivity contribution is 0.282. The number of anilines is 2. The maximum Gasteiger partial charge on any atom is 0.0702 e. The second-order valence-corrected chi connectivity index (χ2v) is 2.85. The third-order valence-corrected chi connectivity index (χ3v) is 2.06. The van der Waals surface area contributed by atoms with Gasteiger partial charge in [-0.3, -0.25) is 0 Å². The first-order chi connectivity index (χ1) is 5.92. The zero-order chi connectivity index (χ0) is 8.39. The summed E-state index contributed by atoms with van der Waals surface area (Å²) in [5.74, 6) is 0. The highest BCUT2D eigenvalue weighted by Gasteiger charge is 2.09. The Morgan fingerprint density at radius 1 is 1.25 bits per heavy atom. The van der Waals surface area contributed by atoms with Crippen LogP contribution < -0.4 is 10.6 Å². The van der Waals surface area contributed by atoms with Crippen LogP contribution in [-0.2, 0) is 6.61 Å². The van der Waals surface area contributed by atoms with Gasteiger partial charge >= 0.3 is 0 Å². The van der Waals surface area contributed by atoms with Gasteiger partial charge in [0.25, 0.3) is 0 Å². The summed E-state index contributed by atoms with van der Waals surface area (Å²) < 4.78 is 0. The van der Waals surface area contributed by atoms with Gasteiger partial charge in [-0.15, -0.1) is 0 Å². The lowest BCUT2D eigenvalue weighted by atomic mass is 10.1. The van der Waals surface area contributed by atoms with Crippen molar-refractivity contribution in [3.8, 4) is 0 Å². The third-order valence-electron chi connectivity index (χ3n) is 2.06. The largest absolute Gasteiger partial charge is 0.392 e. The first-order valence-electron chi connectivity index (χ1n) is 4.12. The number of nitrogens with one attached hydrogen (secondary N) is 2. The highest BCUT2D eigenvalue weighted by molar-refractivity contribution is 5.74. The molecule has 0 aromatic heterocycles. The Balaban J connectivity index is 2.44. The van der Waals surface area contributed by atoms with Crippen molar-refractivity contribution in [2.45, 2.75) is 6.61 Å². The molecule has 0 spiro atoms. The Morgan fingerprint density at radius 3 is 2.92 bits per heavy atom. The van der Waals surface area contributed by atoms with E-state index in [1.807, 2.05) is 18.2 Å². The van der Waals surface area contributed by atoms with E-state index in [-0.39, 0.29) is 6.61 Å². The second kappa shape index (κ2) is 3.03. The summed E-state index contributed by atoms with van der Waals surface area (Å²) in [6.07, 6.45) is 0. The van der Waals surface area contributed by atoms with Gasteiger partial charge in [-0.1, -0.05) is 12.1 Å². The molecule has 0 saturated heterocycles. The smallest absolute Gasteiger partial charge is 0.0702 e. The summed E-state index contributed by atoms with van der Waals surface area (Å²) in [5, 5.41) is 15.5. The second-order valence-electron chi connectivity index (χ2n) is 2.85. The van der Waals surface area contributed by atoms with Crippen LogP contribution in [0.4, 0.5) is 11.4 Å². The van der Waals surface area contributed by atoms with Crippen molar-refractivity contribution < 1.29 is 5.11 Å². The predicted octanol–water partition coefficient (Wildman–Crippen LogP) is 1.02. The molecule has 64 valence electrons. The van der Waals surface area contributed by atoms with E-state index >= 15 is 0 Å². The van der Waals surface area contributed by atoms with Crippen molar-refractivity contribution in [3.63, 3.8) is 0 Å². The third kappa shape index (κ3) is 1.12. The van der Waals surface area contributed by atoms with Gasteiger partial charge in [-0.2, -0.15) is 0 Å². The number of benzene rings is 1. The molecule has 0 atom stereocenters. The van der Waals surface area contributed by atoms with Gasteiger partial charge in [-0.05, 0) is 6.07 Å². The van der Waals surface area contributed by atoms with Crippen molar-refractivity contribution >= 4 is 11.4 Å². The molecule has 0 saturated carbocycles. The molecule has 2 rings (SSSR count). The van der Waals surface area contributed by atoms with Crippen LogP contribution in [0.25, 0.3) is 0 Å². The molecule has 0 bridgehead atoms. The number of aliphatic hydroxyl groups excluding tert-OH is 1. The standard InChI is InChI=1S/C9H12N2O/c12-6-7-2-1-3-8-9(7)11-5-4-10-8/h1-3,10-12H,4-6H2. The minimum absolute atomic E-state index is 0.0951. The van der Waals surface area contributed by atoms with E-state index in [2.05, 4.69) is 10.6 Å². The number of hydrogen-bond acceptors (Lipinski definition) is 3. The number of hydrogen-bond donors (Lipinski definition) is 3. The predicted molar refractivity (Wildman–Crippen MR) is 49.3 cm³/mol. The molecule has 0 radical (unpaired) electrons. The molecular weight excluding hydrogens is 152 g/mol. The minimum Gasteiger partial charge on any atom is -0.392 e. The molecule has 0 unspecified atom stereocenters. The van der Waals surface area contributed by atoms with Crippen molar-refractivity contribution in [1.29, 1.82) is 0 Å². The lowest BCUT2D eigenvalue weighted by Crippen LogP contribution is -2.21. The zero-order valence-corrected chi connectivity index (χ0v) is 6.80. The number of fused-ring (bicyclic) bond motifs is 1. The monoisotopic (exact) mass is 164 g/mol. The van der Waals surface area contributed by atoms with Gasteiger partial charge in [0.2, 0.25) is 0 Å². The first kappa shape index (κ1) is 7.43. The summed E-state index contributed by atoms with van der Waals surface area (Å²) in [6.45, 7) is 1.96. The first-order valence-corrected chi connectivity index (χ1v) is 4.12. The van der Waals surface area contributed by atoms with Gasteiger partial charge in [0.15, 0.2) is 0 Å². The molecular formula is C9H12N2O. The highest BCUT2D eigenvalue weighted by atomic mass is 16.3. The van der Waals surface area contributed by atoms with E-state index in [1.165, 1.54) is 0 Å². The molecule has 0 amide bonds. The number of para-hydroxylation sites is 1. The lowest BCUT2D eigenvalue weighted by Gasteiger charge is -2.21. The summed E-state index contributed by atoms with van der Waals surface area (Å²) in [4.78, 5) is 0. The Kier molecular flexibility index (Phi) is 1.87. The van der Waals surface area contributed by atoms with Crippen molar-refractivity contribution in [2.75, 3.05) is 23.7 Å². The molecule has 12 heavy (non-hydrogen) atoms. The molecule has 1 heterocycles. The fourth-order valence-electron chi connectivity index (χ4n) is 1.47. The maximum atomic E-state index is 9.03. The summed E-state index contributed by atoms with van der Waals surface area (Å²) >= 11 is 0. The van der Waals surface area contributed by atoms with Gasteiger partial charge in [0.1, 0.15) is 0 Å². The molecule has 3 nitrogen and oxygen atoms in total. The Hall–Kier alpha value is -1.22. The molecule has 1 aliphatic heterocycles. The van der Waals surface area contributed by atoms with E-state index in [1.54, 1.807) is 0 Å². The van der Waals surface area contributed by atoms with Gasteiger partial charge in [0.05, 0.1) is 18.0 Å². The SMILES string of the molecule is OCc1cccc2c1NCCN2. The normalized spacial score (nSPS) is 14.4.